The molecule has 3 rings (SSSR count). The summed E-state index contributed by atoms with van der Waals surface area (Å²) in [5.41, 5.74) is 1.69. The summed E-state index contributed by atoms with van der Waals surface area (Å²) in [4.78, 5) is 16.2. The third kappa shape index (κ3) is 5.18. The molecule has 0 unspecified atom stereocenters. The molecule has 0 spiro atoms. The van der Waals surface area contributed by atoms with Gasteiger partial charge in [0.1, 0.15) is 0 Å². The molecule has 1 amide bonds. The molecule has 8 heteroatoms. The summed E-state index contributed by atoms with van der Waals surface area (Å²) in [6.45, 7) is 4.34. The number of aryl methyl sites for hydroxylation is 1. The quantitative estimate of drug-likeness (QED) is 0.401. The van der Waals surface area contributed by atoms with Gasteiger partial charge in [-0.05, 0) is 31.5 Å². The van der Waals surface area contributed by atoms with Crippen molar-refractivity contribution in [2.24, 2.45) is 4.99 Å². The van der Waals surface area contributed by atoms with Crippen molar-refractivity contribution in [2.75, 3.05) is 38.7 Å². The largest absolute Gasteiger partial charge is 0.490 e. The zero-order valence-corrected chi connectivity index (χ0v) is 16.2. The Bertz CT molecular complexity index is 831. The first-order valence-electron chi connectivity index (χ1n) is 9.37. The SMILES string of the molecule is CN=C(NCCCNC(=O)c1occc1C)Nc1ccc2c(c1)OCCCO2. The van der Waals surface area contributed by atoms with Crippen molar-refractivity contribution < 1.29 is 18.7 Å². The first kappa shape index (κ1) is 19.6. The lowest BCUT2D eigenvalue weighted by molar-refractivity contribution is 0.0925. The molecule has 28 heavy (non-hydrogen) atoms. The molecule has 8 nitrogen and oxygen atoms in total. The third-order valence-corrected chi connectivity index (χ3v) is 4.23. The molecule has 0 aliphatic carbocycles. The molecule has 2 aromatic rings. The smallest absolute Gasteiger partial charge is 0.287 e. The van der Waals surface area contributed by atoms with Gasteiger partial charge in [0.15, 0.2) is 23.2 Å². The van der Waals surface area contributed by atoms with Crippen LogP contribution in [-0.4, -0.2) is 45.2 Å². The summed E-state index contributed by atoms with van der Waals surface area (Å²) >= 11 is 0. The minimum atomic E-state index is -0.197. The Hall–Kier alpha value is -3.16. The third-order valence-electron chi connectivity index (χ3n) is 4.23. The van der Waals surface area contributed by atoms with Crippen molar-refractivity contribution >= 4 is 17.6 Å². The summed E-state index contributed by atoms with van der Waals surface area (Å²) in [5, 5.41) is 9.30. The second kappa shape index (κ2) is 9.68. The fourth-order valence-corrected chi connectivity index (χ4v) is 2.74. The average molecular weight is 386 g/mol. The number of hydrogen-bond acceptors (Lipinski definition) is 5. The van der Waals surface area contributed by atoms with Crippen LogP contribution in [0.2, 0.25) is 0 Å². The number of nitrogens with one attached hydrogen (secondary N) is 3. The van der Waals surface area contributed by atoms with Gasteiger partial charge in [0.2, 0.25) is 0 Å². The van der Waals surface area contributed by atoms with Crippen LogP contribution in [0.3, 0.4) is 0 Å². The van der Waals surface area contributed by atoms with Gasteiger partial charge in [-0.15, -0.1) is 0 Å². The average Bonchev–Trinajstić information content (AvgIpc) is 2.99. The molecule has 0 atom stereocenters. The maximum atomic E-state index is 12.0. The monoisotopic (exact) mass is 386 g/mol. The van der Waals surface area contributed by atoms with Gasteiger partial charge in [0.05, 0.1) is 19.5 Å². The van der Waals surface area contributed by atoms with Gasteiger partial charge >= 0.3 is 0 Å². The second-order valence-electron chi connectivity index (χ2n) is 6.38. The van der Waals surface area contributed by atoms with E-state index in [1.54, 1.807) is 13.1 Å². The van der Waals surface area contributed by atoms with Gasteiger partial charge in [-0.25, -0.2) is 0 Å². The maximum Gasteiger partial charge on any atom is 0.287 e. The highest BCUT2D eigenvalue weighted by molar-refractivity contribution is 5.94. The Morgan fingerprint density at radius 1 is 1.11 bits per heavy atom. The molecule has 2 heterocycles. The van der Waals surface area contributed by atoms with Crippen LogP contribution in [0.25, 0.3) is 0 Å². The van der Waals surface area contributed by atoms with E-state index >= 15 is 0 Å². The van der Waals surface area contributed by atoms with Crippen LogP contribution in [-0.2, 0) is 0 Å². The molecule has 0 fully saturated rings. The molecule has 1 aromatic heterocycles. The van der Waals surface area contributed by atoms with Crippen molar-refractivity contribution in [1.29, 1.82) is 0 Å². The Balaban J connectivity index is 1.42. The molecule has 1 aromatic carbocycles. The molecular weight excluding hydrogens is 360 g/mol. The van der Waals surface area contributed by atoms with E-state index in [4.69, 9.17) is 13.9 Å². The van der Waals surface area contributed by atoms with Gasteiger partial charge in [-0.2, -0.15) is 0 Å². The van der Waals surface area contributed by atoms with E-state index in [0.29, 0.717) is 38.0 Å². The van der Waals surface area contributed by atoms with Crippen molar-refractivity contribution in [3.8, 4) is 11.5 Å². The molecule has 1 aliphatic rings. The molecule has 0 saturated heterocycles. The normalized spacial score (nSPS) is 13.6. The number of ether oxygens (including phenoxy) is 2. The van der Waals surface area contributed by atoms with E-state index < -0.39 is 0 Å². The van der Waals surface area contributed by atoms with E-state index in [0.717, 1.165) is 35.6 Å². The molecule has 0 bridgehead atoms. The highest BCUT2D eigenvalue weighted by Crippen LogP contribution is 2.32. The lowest BCUT2D eigenvalue weighted by Crippen LogP contribution is -2.33. The van der Waals surface area contributed by atoms with Gasteiger partial charge < -0.3 is 29.8 Å². The second-order valence-corrected chi connectivity index (χ2v) is 6.38. The first-order valence-corrected chi connectivity index (χ1v) is 9.37. The number of carbonyl (C=O) groups is 1. The number of guanidine groups is 1. The number of rotatable bonds is 6. The number of anilines is 1. The van der Waals surface area contributed by atoms with Crippen molar-refractivity contribution in [3.63, 3.8) is 0 Å². The van der Waals surface area contributed by atoms with Crippen LogP contribution < -0.4 is 25.4 Å². The zero-order valence-electron chi connectivity index (χ0n) is 16.2. The first-order chi connectivity index (χ1) is 13.7. The lowest BCUT2D eigenvalue weighted by atomic mass is 10.2. The highest BCUT2D eigenvalue weighted by atomic mass is 16.5. The molecule has 150 valence electrons. The summed E-state index contributed by atoms with van der Waals surface area (Å²) in [6, 6.07) is 7.49. The van der Waals surface area contributed by atoms with Crippen LogP contribution in [0.5, 0.6) is 11.5 Å². The standard InChI is InChI=1S/C20H26N4O4/c1-14-7-12-28-18(14)19(25)22-8-3-9-23-20(21-2)24-15-5-6-16-17(13-15)27-11-4-10-26-16/h5-7,12-13H,3-4,8-11H2,1-2H3,(H,22,25)(H2,21,23,24). The maximum absolute atomic E-state index is 12.0. The minimum Gasteiger partial charge on any atom is -0.490 e. The van der Waals surface area contributed by atoms with Crippen molar-refractivity contribution in [2.45, 2.75) is 19.8 Å². The summed E-state index contributed by atoms with van der Waals surface area (Å²) < 4.78 is 16.5. The fourth-order valence-electron chi connectivity index (χ4n) is 2.74. The molecule has 1 aliphatic heterocycles. The van der Waals surface area contributed by atoms with Crippen LogP contribution >= 0.6 is 0 Å². The minimum absolute atomic E-state index is 0.197. The van der Waals surface area contributed by atoms with Gasteiger partial charge in [-0.3, -0.25) is 9.79 Å². The van der Waals surface area contributed by atoms with Gasteiger partial charge in [0.25, 0.3) is 5.91 Å². The number of fused-ring (bicyclic) bond motifs is 1. The fraction of sp³-hybridized carbons (Fsp3) is 0.400. The molecule has 0 radical (unpaired) electrons. The lowest BCUT2D eigenvalue weighted by Gasteiger charge is -2.14. The van der Waals surface area contributed by atoms with Gasteiger partial charge in [-0.1, -0.05) is 0 Å². The number of carbonyl (C=O) groups excluding carboxylic acids is 1. The van der Waals surface area contributed by atoms with E-state index in [2.05, 4.69) is 20.9 Å². The van der Waals surface area contributed by atoms with Crippen LogP contribution in [0.1, 0.15) is 29.0 Å². The van der Waals surface area contributed by atoms with E-state index in [-0.39, 0.29) is 5.91 Å². The summed E-state index contributed by atoms with van der Waals surface area (Å²) in [6.07, 6.45) is 3.13. The van der Waals surface area contributed by atoms with Crippen LogP contribution in [0, 0.1) is 6.92 Å². The summed E-state index contributed by atoms with van der Waals surface area (Å²) in [7, 11) is 1.71. The van der Waals surface area contributed by atoms with Crippen LogP contribution in [0.4, 0.5) is 5.69 Å². The number of amides is 1. The number of hydrogen-bond donors (Lipinski definition) is 3. The Morgan fingerprint density at radius 3 is 2.64 bits per heavy atom. The van der Waals surface area contributed by atoms with E-state index in [1.807, 2.05) is 25.1 Å². The predicted molar refractivity (Wildman–Crippen MR) is 107 cm³/mol. The Morgan fingerprint density at radius 2 is 1.89 bits per heavy atom. The molecule has 0 saturated carbocycles. The van der Waals surface area contributed by atoms with Gasteiger partial charge in [0, 0.05) is 43.9 Å². The van der Waals surface area contributed by atoms with Crippen LogP contribution in [0.15, 0.2) is 39.9 Å². The Kier molecular flexibility index (Phi) is 6.78. The van der Waals surface area contributed by atoms with Crippen molar-refractivity contribution in [1.82, 2.24) is 10.6 Å². The highest BCUT2D eigenvalue weighted by Gasteiger charge is 2.12. The predicted octanol–water partition coefficient (Wildman–Crippen LogP) is 2.56. The van der Waals surface area contributed by atoms with E-state index in [9.17, 15) is 4.79 Å². The van der Waals surface area contributed by atoms with E-state index in [1.165, 1.54) is 6.26 Å². The summed E-state index contributed by atoms with van der Waals surface area (Å²) in [5.74, 6) is 2.29. The number of benzene rings is 1. The number of furan rings is 1. The van der Waals surface area contributed by atoms with Crippen molar-refractivity contribution in [3.05, 3.63) is 41.9 Å². The number of nitrogens with zero attached hydrogens (tertiary/aromatic N) is 1. The number of aliphatic imine (C=N–C) groups is 1. The topological polar surface area (TPSA) is 97.1 Å². The molecule has 3 N–H and O–H groups in total. The molecular formula is C20H26N4O4. The Labute approximate surface area is 164 Å². The zero-order chi connectivity index (χ0) is 19.8.